The van der Waals surface area contributed by atoms with E-state index in [9.17, 15) is 4.79 Å². The van der Waals surface area contributed by atoms with Crippen molar-refractivity contribution in [2.45, 2.75) is 5.25 Å². The van der Waals surface area contributed by atoms with Crippen molar-refractivity contribution >= 4 is 22.7 Å². The highest BCUT2D eigenvalue weighted by atomic mass is 32.2. The lowest BCUT2D eigenvalue weighted by Gasteiger charge is -2.23. The summed E-state index contributed by atoms with van der Waals surface area (Å²) in [5, 5.41) is 5.82. The zero-order valence-corrected chi connectivity index (χ0v) is 8.60. The molecule has 0 radical (unpaired) electrons. The number of rotatable bonds is 0. The molecule has 0 bridgehead atoms. The average Bonchev–Trinajstić information content (AvgIpc) is 2.61. The minimum atomic E-state index is -0.0450. The fourth-order valence-corrected chi connectivity index (χ4v) is 2.87. The van der Waals surface area contributed by atoms with Crippen LogP contribution in [0.1, 0.15) is 10.8 Å². The molecule has 0 aliphatic carbocycles. The van der Waals surface area contributed by atoms with Crippen LogP contribution in [0.25, 0.3) is 0 Å². The molecule has 3 rings (SSSR count). The lowest BCUT2D eigenvalue weighted by molar-refractivity contribution is 0.263. The van der Waals surface area contributed by atoms with Crippen LogP contribution in [0, 0.1) is 0 Å². The second kappa shape index (κ2) is 2.93. The summed E-state index contributed by atoms with van der Waals surface area (Å²) < 4.78 is 0. The largest absolute Gasteiger partial charge is 0.384 e. The number of nitrogens with one attached hydrogen (secondary N) is 2. The second-order valence-corrected chi connectivity index (χ2v) is 4.53. The number of carbonyl (C=O) groups excluding carboxylic acids is 1. The van der Waals surface area contributed by atoms with Crippen molar-refractivity contribution in [3.8, 4) is 0 Å². The first kappa shape index (κ1) is 8.67. The number of fused-ring (bicyclic) bond motifs is 3. The topological polar surface area (TPSA) is 67.1 Å². The Morgan fingerprint density at radius 2 is 2.07 bits per heavy atom. The summed E-state index contributed by atoms with van der Waals surface area (Å²) in [6.45, 7) is 0. The van der Waals surface area contributed by atoms with Gasteiger partial charge in [-0.15, -0.1) is 0 Å². The third kappa shape index (κ3) is 1.20. The van der Waals surface area contributed by atoms with E-state index in [1.165, 1.54) is 11.8 Å². The molecule has 0 aromatic heterocycles. The molecule has 4 nitrogen and oxygen atoms in total. The fourth-order valence-electron chi connectivity index (χ4n) is 1.85. The maximum absolute atomic E-state index is 11.3. The van der Waals surface area contributed by atoms with Gasteiger partial charge >= 0.3 is 0 Å². The van der Waals surface area contributed by atoms with E-state index in [1.54, 1.807) is 0 Å². The van der Waals surface area contributed by atoms with E-state index >= 15 is 0 Å². The van der Waals surface area contributed by atoms with E-state index in [1.807, 2.05) is 24.3 Å². The molecule has 0 spiro atoms. The summed E-state index contributed by atoms with van der Waals surface area (Å²) in [6, 6.07) is 7.87. The summed E-state index contributed by atoms with van der Waals surface area (Å²) >= 11 is 1.27. The third-order valence-corrected chi connectivity index (χ3v) is 3.57. The van der Waals surface area contributed by atoms with Crippen LogP contribution in [-0.4, -0.2) is 5.24 Å². The molecule has 1 aromatic carbocycles. The van der Waals surface area contributed by atoms with Gasteiger partial charge in [-0.1, -0.05) is 18.2 Å². The summed E-state index contributed by atoms with van der Waals surface area (Å²) in [5.41, 5.74) is 8.70. The van der Waals surface area contributed by atoms with E-state index in [4.69, 9.17) is 5.73 Å². The van der Waals surface area contributed by atoms with E-state index in [2.05, 4.69) is 10.6 Å². The number of amides is 1. The first-order chi connectivity index (χ1) is 7.25. The van der Waals surface area contributed by atoms with Crippen LogP contribution in [0.3, 0.4) is 0 Å². The molecule has 1 amide bonds. The molecule has 76 valence electrons. The van der Waals surface area contributed by atoms with E-state index < -0.39 is 0 Å². The van der Waals surface area contributed by atoms with E-state index in [0.29, 0.717) is 5.82 Å². The minimum absolute atomic E-state index is 0.0231. The van der Waals surface area contributed by atoms with Crippen LogP contribution in [0.5, 0.6) is 0 Å². The Bertz CT molecular complexity index is 483. The number of hydrogen-bond acceptors (Lipinski definition) is 4. The zero-order valence-electron chi connectivity index (χ0n) is 7.78. The van der Waals surface area contributed by atoms with Gasteiger partial charge < -0.3 is 16.4 Å². The van der Waals surface area contributed by atoms with Crippen molar-refractivity contribution < 1.29 is 4.79 Å². The van der Waals surface area contributed by atoms with Crippen LogP contribution in [-0.2, 0) is 0 Å². The van der Waals surface area contributed by atoms with Gasteiger partial charge in [0.1, 0.15) is 5.82 Å². The first-order valence-corrected chi connectivity index (χ1v) is 5.47. The molecule has 2 aliphatic rings. The van der Waals surface area contributed by atoms with E-state index in [-0.39, 0.29) is 10.5 Å². The lowest BCUT2D eigenvalue weighted by atomic mass is 10.0. The van der Waals surface area contributed by atoms with Gasteiger partial charge in [-0.25, -0.2) is 0 Å². The van der Waals surface area contributed by atoms with Gasteiger partial charge in [-0.2, -0.15) is 0 Å². The molecular formula is C10H9N3OS. The number of thioether (sulfide) groups is 1. The predicted octanol–water partition coefficient (Wildman–Crippen LogP) is 1.74. The predicted molar refractivity (Wildman–Crippen MR) is 60.1 cm³/mol. The Hall–Kier alpha value is -1.62. The first-order valence-electron chi connectivity index (χ1n) is 4.59. The van der Waals surface area contributed by atoms with Gasteiger partial charge in [0.2, 0.25) is 0 Å². The van der Waals surface area contributed by atoms with Crippen LogP contribution in [0.15, 0.2) is 35.8 Å². The van der Waals surface area contributed by atoms with Crippen molar-refractivity contribution in [3.05, 3.63) is 41.3 Å². The molecule has 15 heavy (non-hydrogen) atoms. The smallest absolute Gasteiger partial charge is 0.284 e. The van der Waals surface area contributed by atoms with Gasteiger partial charge in [0.05, 0.1) is 10.9 Å². The molecule has 1 aromatic rings. The lowest BCUT2D eigenvalue weighted by Crippen LogP contribution is -2.25. The summed E-state index contributed by atoms with van der Waals surface area (Å²) in [5.74, 6) is 0.539. The zero-order chi connectivity index (χ0) is 10.4. The van der Waals surface area contributed by atoms with Crippen molar-refractivity contribution in [3.63, 3.8) is 0 Å². The third-order valence-electron chi connectivity index (χ3n) is 2.53. The highest BCUT2D eigenvalue weighted by molar-refractivity contribution is 8.14. The van der Waals surface area contributed by atoms with Gasteiger partial charge in [0.25, 0.3) is 5.24 Å². The molecule has 2 heterocycles. The number of hydrogen-bond donors (Lipinski definition) is 3. The van der Waals surface area contributed by atoms with Crippen molar-refractivity contribution in [2.24, 2.45) is 5.73 Å². The molecule has 1 saturated heterocycles. The summed E-state index contributed by atoms with van der Waals surface area (Å²) in [7, 11) is 0. The Morgan fingerprint density at radius 1 is 1.27 bits per heavy atom. The Labute approximate surface area is 90.9 Å². The van der Waals surface area contributed by atoms with Crippen molar-refractivity contribution in [1.82, 2.24) is 5.32 Å². The Morgan fingerprint density at radius 3 is 2.93 bits per heavy atom. The van der Waals surface area contributed by atoms with Crippen LogP contribution in [0.2, 0.25) is 0 Å². The van der Waals surface area contributed by atoms with Crippen LogP contribution < -0.4 is 16.4 Å². The average molecular weight is 219 g/mol. The van der Waals surface area contributed by atoms with Gasteiger partial charge in [-0.05, 0) is 23.4 Å². The number of benzene rings is 1. The molecule has 2 aliphatic heterocycles. The highest BCUT2D eigenvalue weighted by Gasteiger charge is 2.35. The standard InChI is InChI=1S/C10H9N3OS/c11-9-7-8(15-10(14)13-7)5-3-1-2-4-6(5)12-9/h1-4,8,12H,11H2,(H,13,14). The Kier molecular flexibility index (Phi) is 1.70. The molecule has 4 N–H and O–H groups in total. The molecular weight excluding hydrogens is 210 g/mol. The second-order valence-electron chi connectivity index (χ2n) is 3.45. The number of nitrogens with two attached hydrogens (primary N) is 1. The Balaban J connectivity index is 2.16. The van der Waals surface area contributed by atoms with Crippen molar-refractivity contribution in [2.75, 3.05) is 5.32 Å². The monoisotopic (exact) mass is 219 g/mol. The molecule has 1 unspecified atom stereocenters. The normalized spacial score (nSPS) is 22.9. The minimum Gasteiger partial charge on any atom is -0.384 e. The molecule has 1 atom stereocenters. The highest BCUT2D eigenvalue weighted by Crippen LogP contribution is 2.46. The molecule has 1 fully saturated rings. The fraction of sp³-hybridized carbons (Fsp3) is 0.100. The number of anilines is 1. The molecule has 5 heteroatoms. The number of carbonyl (C=O) groups is 1. The van der Waals surface area contributed by atoms with Gasteiger partial charge in [-0.3, -0.25) is 4.79 Å². The van der Waals surface area contributed by atoms with Crippen LogP contribution in [0.4, 0.5) is 10.5 Å². The van der Waals surface area contributed by atoms with E-state index in [0.717, 1.165) is 16.9 Å². The quantitative estimate of drug-likeness (QED) is 0.621. The maximum Gasteiger partial charge on any atom is 0.284 e. The summed E-state index contributed by atoms with van der Waals surface area (Å²) in [4.78, 5) is 11.3. The molecule has 0 saturated carbocycles. The number of para-hydroxylation sites is 1. The maximum atomic E-state index is 11.3. The summed E-state index contributed by atoms with van der Waals surface area (Å²) in [6.07, 6.45) is 0. The SMILES string of the molecule is NC1=C2NC(=O)SC2c2ccccc2N1. The van der Waals surface area contributed by atoms with Crippen molar-refractivity contribution in [1.29, 1.82) is 0 Å². The van der Waals surface area contributed by atoms with Gasteiger partial charge in [0.15, 0.2) is 0 Å². The van der Waals surface area contributed by atoms with Crippen LogP contribution >= 0.6 is 11.8 Å². The van der Waals surface area contributed by atoms with Gasteiger partial charge in [0, 0.05) is 5.69 Å².